The molecule has 0 aliphatic carbocycles. The summed E-state index contributed by atoms with van der Waals surface area (Å²) in [6.45, 7) is 3.20. The molecule has 23 heavy (non-hydrogen) atoms. The van der Waals surface area contributed by atoms with Gasteiger partial charge < -0.3 is 9.47 Å². The Morgan fingerprint density at radius 2 is 2.04 bits per heavy atom. The first-order valence-electron chi connectivity index (χ1n) is 7.72. The molecule has 0 atom stereocenters. The maximum Gasteiger partial charge on any atom is 0.219 e. The summed E-state index contributed by atoms with van der Waals surface area (Å²) in [5, 5.41) is 8.78. The van der Waals surface area contributed by atoms with E-state index in [0.717, 1.165) is 30.9 Å². The third-order valence-electron chi connectivity index (χ3n) is 3.94. The van der Waals surface area contributed by atoms with Crippen LogP contribution in [0.3, 0.4) is 0 Å². The Morgan fingerprint density at radius 3 is 2.70 bits per heavy atom. The van der Waals surface area contributed by atoms with Crippen LogP contribution in [-0.4, -0.2) is 30.1 Å². The highest BCUT2D eigenvalue weighted by Crippen LogP contribution is 2.29. The lowest BCUT2D eigenvalue weighted by Gasteiger charge is -2.17. The normalized spacial score (nSPS) is 14.4. The monoisotopic (exact) mass is 309 g/mol. The second-order valence-corrected chi connectivity index (χ2v) is 5.56. The largest absolute Gasteiger partial charge is 0.496 e. The molecule has 3 rings (SSSR count). The van der Waals surface area contributed by atoms with Crippen LogP contribution in [0, 0.1) is 11.3 Å². The standard InChI is InChI=1S/C18H19N3O2/c1-22-17-10-16(23-18-7-4-14(11-19)12-20-18)6-5-15(17)13-21-8-2-3-9-21/h4-7,10,12H,2-3,8-9,13H2,1H3. The lowest BCUT2D eigenvalue weighted by molar-refractivity contribution is 0.320. The van der Waals surface area contributed by atoms with E-state index in [2.05, 4.69) is 9.88 Å². The van der Waals surface area contributed by atoms with Gasteiger partial charge in [-0.3, -0.25) is 4.90 Å². The second kappa shape index (κ2) is 7.12. The highest BCUT2D eigenvalue weighted by molar-refractivity contribution is 5.42. The van der Waals surface area contributed by atoms with E-state index in [1.807, 2.05) is 24.3 Å². The summed E-state index contributed by atoms with van der Waals surface area (Å²) in [5.41, 5.74) is 1.67. The van der Waals surface area contributed by atoms with Crippen molar-refractivity contribution in [1.29, 1.82) is 5.26 Å². The van der Waals surface area contributed by atoms with Crippen molar-refractivity contribution in [3.8, 4) is 23.4 Å². The molecule has 5 heteroatoms. The maximum atomic E-state index is 8.78. The third-order valence-corrected chi connectivity index (χ3v) is 3.94. The van der Waals surface area contributed by atoms with Gasteiger partial charge in [0.05, 0.1) is 12.7 Å². The van der Waals surface area contributed by atoms with Gasteiger partial charge in [0.2, 0.25) is 5.88 Å². The van der Waals surface area contributed by atoms with Crippen LogP contribution >= 0.6 is 0 Å². The van der Waals surface area contributed by atoms with Crippen LogP contribution < -0.4 is 9.47 Å². The van der Waals surface area contributed by atoms with Gasteiger partial charge in [0.15, 0.2) is 0 Å². The highest BCUT2D eigenvalue weighted by Gasteiger charge is 2.15. The van der Waals surface area contributed by atoms with Crippen molar-refractivity contribution >= 4 is 0 Å². The molecule has 0 saturated carbocycles. The average molecular weight is 309 g/mol. The van der Waals surface area contributed by atoms with E-state index in [-0.39, 0.29) is 0 Å². The summed E-state index contributed by atoms with van der Waals surface area (Å²) in [5.74, 6) is 1.95. The Bertz CT molecular complexity index is 701. The maximum absolute atomic E-state index is 8.78. The van der Waals surface area contributed by atoms with Crippen molar-refractivity contribution in [3.05, 3.63) is 47.7 Å². The number of nitriles is 1. The van der Waals surface area contributed by atoms with Crippen molar-refractivity contribution in [2.24, 2.45) is 0 Å². The number of likely N-dealkylation sites (tertiary alicyclic amines) is 1. The zero-order chi connectivity index (χ0) is 16.1. The summed E-state index contributed by atoms with van der Waals surface area (Å²) in [4.78, 5) is 6.54. The fourth-order valence-electron chi connectivity index (χ4n) is 2.73. The van der Waals surface area contributed by atoms with E-state index in [4.69, 9.17) is 14.7 Å². The minimum atomic E-state index is 0.457. The Balaban J connectivity index is 1.73. The molecule has 1 fully saturated rings. The molecule has 1 aromatic heterocycles. The van der Waals surface area contributed by atoms with Crippen molar-refractivity contribution in [3.63, 3.8) is 0 Å². The summed E-state index contributed by atoms with van der Waals surface area (Å²) >= 11 is 0. The molecule has 0 unspecified atom stereocenters. The molecule has 1 aliphatic rings. The van der Waals surface area contributed by atoms with Gasteiger partial charge in [0.25, 0.3) is 0 Å². The quantitative estimate of drug-likeness (QED) is 0.847. The fraction of sp³-hybridized carbons (Fsp3) is 0.333. The molecular formula is C18H19N3O2. The van der Waals surface area contributed by atoms with E-state index in [0.29, 0.717) is 17.2 Å². The minimum Gasteiger partial charge on any atom is -0.496 e. The molecule has 1 aromatic carbocycles. The van der Waals surface area contributed by atoms with Crippen LogP contribution in [0.1, 0.15) is 24.0 Å². The van der Waals surface area contributed by atoms with Crippen LogP contribution in [-0.2, 0) is 6.54 Å². The van der Waals surface area contributed by atoms with Gasteiger partial charge in [-0.05, 0) is 38.1 Å². The van der Waals surface area contributed by atoms with Gasteiger partial charge in [-0.15, -0.1) is 0 Å². The number of ether oxygens (including phenoxy) is 2. The number of pyridine rings is 1. The second-order valence-electron chi connectivity index (χ2n) is 5.56. The zero-order valence-corrected chi connectivity index (χ0v) is 13.2. The first-order valence-corrected chi connectivity index (χ1v) is 7.72. The summed E-state index contributed by atoms with van der Waals surface area (Å²) in [6.07, 6.45) is 4.04. The first-order chi connectivity index (χ1) is 11.3. The summed E-state index contributed by atoms with van der Waals surface area (Å²) in [7, 11) is 1.67. The molecule has 0 N–H and O–H groups in total. The van der Waals surface area contributed by atoms with E-state index >= 15 is 0 Å². The van der Waals surface area contributed by atoms with E-state index in [1.54, 1.807) is 19.2 Å². The smallest absolute Gasteiger partial charge is 0.219 e. The number of rotatable bonds is 5. The summed E-state index contributed by atoms with van der Waals surface area (Å²) in [6, 6.07) is 11.2. The van der Waals surface area contributed by atoms with Crippen molar-refractivity contribution in [2.75, 3.05) is 20.2 Å². The highest BCUT2D eigenvalue weighted by atomic mass is 16.5. The number of methoxy groups -OCH3 is 1. The van der Waals surface area contributed by atoms with Gasteiger partial charge in [-0.25, -0.2) is 4.98 Å². The molecule has 118 valence electrons. The predicted molar refractivity (Wildman–Crippen MR) is 86.5 cm³/mol. The molecule has 5 nitrogen and oxygen atoms in total. The van der Waals surface area contributed by atoms with Crippen LogP contribution in [0.25, 0.3) is 0 Å². The molecule has 2 heterocycles. The van der Waals surface area contributed by atoms with Crippen molar-refractivity contribution in [1.82, 2.24) is 9.88 Å². The predicted octanol–water partition coefficient (Wildman–Crippen LogP) is 3.35. The van der Waals surface area contributed by atoms with Gasteiger partial charge in [-0.1, -0.05) is 6.07 Å². The van der Waals surface area contributed by atoms with Crippen LogP contribution in [0.2, 0.25) is 0 Å². The van der Waals surface area contributed by atoms with Gasteiger partial charge in [0, 0.05) is 30.4 Å². The van der Waals surface area contributed by atoms with Crippen LogP contribution in [0.5, 0.6) is 17.4 Å². The third kappa shape index (κ3) is 3.79. The zero-order valence-electron chi connectivity index (χ0n) is 13.2. The Hall–Kier alpha value is -2.58. The van der Waals surface area contributed by atoms with Gasteiger partial charge >= 0.3 is 0 Å². The molecular weight excluding hydrogens is 290 g/mol. The van der Waals surface area contributed by atoms with Crippen molar-refractivity contribution < 1.29 is 9.47 Å². The Labute approximate surface area is 136 Å². The van der Waals surface area contributed by atoms with Crippen molar-refractivity contribution in [2.45, 2.75) is 19.4 Å². The number of hydrogen-bond acceptors (Lipinski definition) is 5. The number of aromatic nitrogens is 1. The molecule has 2 aromatic rings. The molecule has 0 bridgehead atoms. The Kier molecular flexibility index (Phi) is 4.74. The van der Waals surface area contributed by atoms with Gasteiger partial charge in [0.1, 0.15) is 17.6 Å². The molecule has 0 amide bonds. The molecule has 0 spiro atoms. The van der Waals surface area contributed by atoms with Crippen LogP contribution in [0.15, 0.2) is 36.5 Å². The number of nitrogens with zero attached hydrogens (tertiary/aromatic N) is 3. The molecule has 1 saturated heterocycles. The Morgan fingerprint density at radius 1 is 1.22 bits per heavy atom. The number of hydrogen-bond donors (Lipinski definition) is 0. The lowest BCUT2D eigenvalue weighted by Crippen LogP contribution is -2.18. The van der Waals surface area contributed by atoms with E-state index < -0.39 is 0 Å². The topological polar surface area (TPSA) is 58.4 Å². The molecule has 1 aliphatic heterocycles. The number of benzene rings is 1. The van der Waals surface area contributed by atoms with E-state index in [9.17, 15) is 0 Å². The van der Waals surface area contributed by atoms with Gasteiger partial charge in [-0.2, -0.15) is 5.26 Å². The van der Waals surface area contributed by atoms with E-state index in [1.165, 1.54) is 19.0 Å². The average Bonchev–Trinajstić information content (AvgIpc) is 3.10. The minimum absolute atomic E-state index is 0.457. The lowest BCUT2D eigenvalue weighted by atomic mass is 10.2. The fourth-order valence-corrected chi connectivity index (χ4v) is 2.73. The van der Waals surface area contributed by atoms with Crippen LogP contribution in [0.4, 0.5) is 0 Å². The summed E-state index contributed by atoms with van der Waals surface area (Å²) < 4.78 is 11.2. The first kappa shape index (κ1) is 15.3. The SMILES string of the molecule is COc1cc(Oc2ccc(C#N)cn2)ccc1CN1CCCC1. The molecule has 0 radical (unpaired) electrons.